The molecule has 76 heavy (non-hydrogen) atoms. The van der Waals surface area contributed by atoms with Gasteiger partial charge in [0.1, 0.15) is 22.3 Å². The summed E-state index contributed by atoms with van der Waals surface area (Å²) in [6, 6.07) is 90.2. The molecule has 12 aromatic carbocycles. The zero-order valence-corrected chi connectivity index (χ0v) is 42.4. The van der Waals surface area contributed by atoms with Crippen LogP contribution in [0, 0.1) is 6.92 Å². The average molecular weight is 975 g/mol. The second-order valence-corrected chi connectivity index (χ2v) is 20.8. The third-order valence-electron chi connectivity index (χ3n) is 16.2. The van der Waals surface area contributed by atoms with Gasteiger partial charge in [0.25, 0.3) is 0 Å². The Balaban J connectivity index is 0.930. The molecule has 0 amide bonds. The van der Waals surface area contributed by atoms with Gasteiger partial charge in [-0.05, 0) is 152 Å². The van der Waals surface area contributed by atoms with E-state index in [9.17, 15) is 0 Å². The molecule has 360 valence electrons. The Labute approximate surface area is 440 Å². The molecular weight excluding hydrogens is 925 g/mol. The van der Waals surface area contributed by atoms with Crippen LogP contribution >= 0.6 is 0 Å². The molecule has 0 saturated carbocycles. The number of fused-ring (bicyclic) bond motifs is 10. The van der Waals surface area contributed by atoms with Crippen LogP contribution in [0.1, 0.15) is 30.5 Å². The maximum Gasteiger partial charge on any atom is 0.135 e. The summed E-state index contributed by atoms with van der Waals surface area (Å²) in [5, 5.41) is 9.44. The van der Waals surface area contributed by atoms with Gasteiger partial charge in [-0.15, -0.1) is 0 Å². The number of hydrogen-bond acceptors (Lipinski definition) is 4. The van der Waals surface area contributed by atoms with E-state index in [1.54, 1.807) is 0 Å². The van der Waals surface area contributed by atoms with E-state index in [1.165, 1.54) is 54.9 Å². The molecule has 0 aliphatic heterocycles. The number of hydrogen-bond donors (Lipinski definition) is 0. The molecule has 2 aromatic heterocycles. The Hall–Kier alpha value is -9.64. The van der Waals surface area contributed by atoms with Crippen LogP contribution < -0.4 is 9.80 Å². The zero-order chi connectivity index (χ0) is 50.6. The highest BCUT2D eigenvalue weighted by Crippen LogP contribution is 2.55. The summed E-state index contributed by atoms with van der Waals surface area (Å²) in [6.45, 7) is 7.15. The van der Waals surface area contributed by atoms with Crippen molar-refractivity contribution in [1.82, 2.24) is 0 Å². The van der Waals surface area contributed by atoms with Crippen LogP contribution in [-0.2, 0) is 5.41 Å². The maximum absolute atomic E-state index is 6.38. The van der Waals surface area contributed by atoms with Crippen molar-refractivity contribution in [1.29, 1.82) is 0 Å². The molecular formula is C72H50N2O2. The molecule has 0 bridgehead atoms. The van der Waals surface area contributed by atoms with E-state index in [0.29, 0.717) is 0 Å². The topological polar surface area (TPSA) is 32.8 Å². The highest BCUT2D eigenvalue weighted by molar-refractivity contribution is 6.20. The number of anilines is 6. The summed E-state index contributed by atoms with van der Waals surface area (Å²) in [5.74, 6) is 0. The van der Waals surface area contributed by atoms with E-state index < -0.39 is 0 Å². The molecule has 0 saturated heterocycles. The van der Waals surface area contributed by atoms with Crippen molar-refractivity contribution in [3.05, 3.63) is 265 Å². The molecule has 0 fully saturated rings. The van der Waals surface area contributed by atoms with Crippen LogP contribution in [0.2, 0.25) is 0 Å². The summed E-state index contributed by atoms with van der Waals surface area (Å²) in [7, 11) is 0. The van der Waals surface area contributed by atoms with E-state index in [4.69, 9.17) is 8.83 Å². The van der Waals surface area contributed by atoms with Gasteiger partial charge in [0.15, 0.2) is 0 Å². The predicted molar refractivity (Wildman–Crippen MR) is 319 cm³/mol. The van der Waals surface area contributed by atoms with Gasteiger partial charge in [0.05, 0.1) is 11.4 Å². The molecule has 0 N–H and O–H groups in total. The van der Waals surface area contributed by atoms with Crippen molar-refractivity contribution in [2.24, 2.45) is 0 Å². The summed E-state index contributed by atoms with van der Waals surface area (Å²) >= 11 is 0. The molecule has 4 nitrogen and oxygen atoms in total. The van der Waals surface area contributed by atoms with Gasteiger partial charge in [-0.3, -0.25) is 0 Å². The van der Waals surface area contributed by atoms with Gasteiger partial charge in [0, 0.05) is 60.8 Å². The third-order valence-corrected chi connectivity index (χ3v) is 16.2. The van der Waals surface area contributed by atoms with Crippen LogP contribution in [0.15, 0.2) is 258 Å². The molecule has 0 radical (unpaired) electrons. The standard InChI is InChI=1S/C72H50N2O2/c1-45-52-37-33-48(73(64-29-14-10-23-53(64)46-19-6-4-7-20-46)49-35-39-68-60(42-49)55-25-12-16-31-66(55)75-68)41-59(52)57-27-18-28-62-71(57)70(45)58-38-34-51(44-63(58)72(62,2)3)74(65-30-15-11-24-54(65)47-21-8-5-9-22-47)50-36-40-69-61(43-50)56-26-13-17-32-67(56)76-69/h4-44H,1-3H3. The van der Waals surface area contributed by atoms with Crippen molar-refractivity contribution in [2.75, 3.05) is 9.80 Å². The number of rotatable bonds is 8. The normalized spacial score (nSPS) is 12.8. The van der Waals surface area contributed by atoms with Crippen LogP contribution in [0.3, 0.4) is 0 Å². The number of para-hydroxylation sites is 4. The van der Waals surface area contributed by atoms with Crippen molar-refractivity contribution in [3.8, 4) is 33.4 Å². The van der Waals surface area contributed by atoms with E-state index in [1.807, 2.05) is 12.1 Å². The zero-order valence-electron chi connectivity index (χ0n) is 42.4. The number of benzene rings is 12. The smallest absolute Gasteiger partial charge is 0.135 e. The summed E-state index contributed by atoms with van der Waals surface area (Å²) in [5.41, 5.74) is 20.8. The first-order valence-electron chi connectivity index (χ1n) is 26.2. The van der Waals surface area contributed by atoms with Gasteiger partial charge < -0.3 is 18.6 Å². The lowest BCUT2D eigenvalue weighted by molar-refractivity contribution is 0.645. The molecule has 0 atom stereocenters. The first-order valence-corrected chi connectivity index (χ1v) is 26.2. The van der Waals surface area contributed by atoms with Gasteiger partial charge in [0.2, 0.25) is 0 Å². The molecule has 14 aromatic rings. The summed E-state index contributed by atoms with van der Waals surface area (Å²) in [6.07, 6.45) is 0. The largest absolute Gasteiger partial charge is 0.456 e. The Morgan fingerprint density at radius 2 is 0.763 bits per heavy atom. The number of nitrogens with zero attached hydrogens (tertiary/aromatic N) is 2. The summed E-state index contributed by atoms with van der Waals surface area (Å²) < 4.78 is 12.7. The van der Waals surface area contributed by atoms with Gasteiger partial charge in [-0.2, -0.15) is 0 Å². The maximum atomic E-state index is 6.38. The fraction of sp³-hybridized carbons (Fsp3) is 0.0556. The minimum Gasteiger partial charge on any atom is -0.456 e. The Morgan fingerprint density at radius 1 is 0.316 bits per heavy atom. The Bertz CT molecular complexity index is 4640. The van der Waals surface area contributed by atoms with Crippen molar-refractivity contribution in [3.63, 3.8) is 0 Å². The van der Waals surface area contributed by atoms with Crippen LogP contribution in [0.4, 0.5) is 34.1 Å². The van der Waals surface area contributed by atoms with E-state index in [0.717, 1.165) is 94.7 Å². The first-order chi connectivity index (χ1) is 37.4. The van der Waals surface area contributed by atoms with Gasteiger partial charge >= 0.3 is 0 Å². The van der Waals surface area contributed by atoms with Crippen LogP contribution in [0.5, 0.6) is 0 Å². The Kier molecular flexibility index (Phi) is 9.79. The first kappa shape index (κ1) is 43.9. The number of aryl methyl sites for hydroxylation is 1. The SMILES string of the molecule is Cc1c2c3c(cccc3c3cc(N(c4ccc5oc6ccccc6c5c4)c4ccccc4-c4ccccc4)ccc13)C(C)(C)c1cc(N(c3ccc4oc5ccccc5c4c3)c3ccccc3-c3ccccc3)ccc1-2. The fourth-order valence-electron chi connectivity index (χ4n) is 12.6. The second kappa shape index (κ2) is 17.0. The monoisotopic (exact) mass is 974 g/mol. The lowest BCUT2D eigenvalue weighted by Gasteiger charge is -2.38. The third kappa shape index (κ3) is 6.70. The highest BCUT2D eigenvalue weighted by Gasteiger charge is 2.36. The molecule has 1 aliphatic carbocycles. The molecule has 1 aliphatic rings. The summed E-state index contributed by atoms with van der Waals surface area (Å²) in [4.78, 5) is 4.88. The van der Waals surface area contributed by atoms with Crippen molar-refractivity contribution >= 4 is 99.5 Å². The van der Waals surface area contributed by atoms with E-state index in [2.05, 4.69) is 267 Å². The highest BCUT2D eigenvalue weighted by atomic mass is 16.3. The van der Waals surface area contributed by atoms with Gasteiger partial charge in [-0.25, -0.2) is 0 Å². The lowest BCUT2D eigenvalue weighted by atomic mass is 9.67. The predicted octanol–water partition coefficient (Wildman–Crippen LogP) is 20.7. The average Bonchev–Trinajstić information content (AvgIpc) is 4.19. The molecule has 2 heterocycles. The van der Waals surface area contributed by atoms with Crippen molar-refractivity contribution in [2.45, 2.75) is 26.2 Å². The molecule has 0 spiro atoms. The van der Waals surface area contributed by atoms with Crippen LogP contribution in [-0.4, -0.2) is 0 Å². The van der Waals surface area contributed by atoms with E-state index >= 15 is 0 Å². The Morgan fingerprint density at radius 3 is 1.34 bits per heavy atom. The fourth-order valence-corrected chi connectivity index (χ4v) is 12.6. The van der Waals surface area contributed by atoms with Crippen molar-refractivity contribution < 1.29 is 8.83 Å². The quantitative estimate of drug-likeness (QED) is 0.142. The van der Waals surface area contributed by atoms with Gasteiger partial charge in [-0.1, -0.05) is 178 Å². The molecule has 0 unspecified atom stereocenters. The number of furan rings is 2. The minimum atomic E-state index is -0.353. The van der Waals surface area contributed by atoms with E-state index in [-0.39, 0.29) is 5.41 Å². The second-order valence-electron chi connectivity index (χ2n) is 20.8. The minimum absolute atomic E-state index is 0.353. The lowest BCUT2D eigenvalue weighted by Crippen LogP contribution is -2.25. The molecule has 4 heteroatoms. The van der Waals surface area contributed by atoms with Crippen LogP contribution in [0.25, 0.3) is 98.8 Å². The molecule has 15 rings (SSSR count).